The molecule has 5 heteroatoms. The molecule has 1 atom stereocenters. The number of benzene rings is 1. The lowest BCUT2D eigenvalue weighted by atomic mass is 10.0. The highest BCUT2D eigenvalue weighted by Gasteiger charge is 2.34. The fraction of sp³-hybridized carbons (Fsp3) is 0.500. The summed E-state index contributed by atoms with van der Waals surface area (Å²) in [4.78, 5) is 25.4. The Kier molecular flexibility index (Phi) is 4.19. The van der Waals surface area contributed by atoms with Gasteiger partial charge in [-0.2, -0.15) is 0 Å². The number of thioether (sulfide) groups is 1. The van der Waals surface area contributed by atoms with Gasteiger partial charge in [0.2, 0.25) is 5.91 Å². The molecular formula is C16H20N2O2S. The predicted molar refractivity (Wildman–Crippen MR) is 84.2 cm³/mol. The molecule has 2 aliphatic rings. The lowest BCUT2D eigenvalue weighted by Crippen LogP contribution is -2.39. The number of carbonyl (C=O) groups excluding carboxylic acids is 2. The van der Waals surface area contributed by atoms with Crippen LogP contribution in [0.4, 0.5) is 4.79 Å². The molecule has 1 heterocycles. The van der Waals surface area contributed by atoms with Gasteiger partial charge in [0.05, 0.1) is 6.04 Å². The van der Waals surface area contributed by atoms with E-state index in [0.29, 0.717) is 12.5 Å². The lowest BCUT2D eigenvalue weighted by Gasteiger charge is -2.21. The molecule has 1 aliphatic heterocycles. The molecule has 1 saturated heterocycles. The summed E-state index contributed by atoms with van der Waals surface area (Å²) in [6.07, 6.45) is 2.33. The van der Waals surface area contributed by atoms with Crippen LogP contribution in [0.15, 0.2) is 24.3 Å². The van der Waals surface area contributed by atoms with E-state index in [1.165, 1.54) is 22.9 Å². The topological polar surface area (TPSA) is 49.4 Å². The van der Waals surface area contributed by atoms with Gasteiger partial charge in [-0.15, -0.1) is 0 Å². The maximum Gasteiger partial charge on any atom is 0.282 e. The summed E-state index contributed by atoms with van der Waals surface area (Å²) < 4.78 is 0. The Morgan fingerprint density at radius 3 is 2.67 bits per heavy atom. The summed E-state index contributed by atoms with van der Waals surface area (Å²) in [7, 11) is 0. The van der Waals surface area contributed by atoms with E-state index in [1.54, 1.807) is 4.90 Å². The number of hydrogen-bond donors (Lipinski definition) is 1. The molecule has 0 aromatic heterocycles. The monoisotopic (exact) mass is 304 g/mol. The lowest BCUT2D eigenvalue weighted by molar-refractivity contribution is -0.122. The molecule has 1 aliphatic carbocycles. The number of hydrogen-bond acceptors (Lipinski definition) is 3. The van der Waals surface area contributed by atoms with Crippen LogP contribution in [-0.4, -0.2) is 34.9 Å². The first kappa shape index (κ1) is 14.4. The van der Waals surface area contributed by atoms with Crippen molar-refractivity contribution >= 4 is 22.9 Å². The minimum atomic E-state index is -0.0525. The molecule has 1 saturated carbocycles. The minimum absolute atomic E-state index is 0.0171. The highest BCUT2D eigenvalue weighted by Crippen LogP contribution is 2.41. The van der Waals surface area contributed by atoms with E-state index < -0.39 is 0 Å². The van der Waals surface area contributed by atoms with Crippen molar-refractivity contribution in [1.82, 2.24) is 10.2 Å². The summed E-state index contributed by atoms with van der Waals surface area (Å²) in [5.41, 5.74) is 2.39. The van der Waals surface area contributed by atoms with Gasteiger partial charge in [0, 0.05) is 12.3 Å². The Morgan fingerprint density at radius 1 is 1.38 bits per heavy atom. The standard InChI is InChI=1S/C16H20N2O2S/c1-11-2-4-12(5-3-11)15(13-6-7-13)17-14(19)10-18-8-9-21-16(18)20/h2-5,13,15H,6-10H2,1H3,(H,17,19)/t15-/m1/s1. The van der Waals surface area contributed by atoms with Gasteiger partial charge in [0.25, 0.3) is 5.24 Å². The van der Waals surface area contributed by atoms with Crippen LogP contribution < -0.4 is 5.32 Å². The van der Waals surface area contributed by atoms with Crippen LogP contribution in [0.2, 0.25) is 0 Å². The molecule has 2 fully saturated rings. The second kappa shape index (κ2) is 6.10. The smallest absolute Gasteiger partial charge is 0.282 e. The first-order valence-electron chi connectivity index (χ1n) is 7.41. The molecule has 21 heavy (non-hydrogen) atoms. The Labute approximate surface area is 129 Å². The van der Waals surface area contributed by atoms with Gasteiger partial charge in [-0.3, -0.25) is 9.59 Å². The van der Waals surface area contributed by atoms with Crippen molar-refractivity contribution in [2.24, 2.45) is 5.92 Å². The number of carbonyl (C=O) groups is 2. The third-order valence-corrected chi connectivity index (χ3v) is 4.92. The SMILES string of the molecule is Cc1ccc([C@@H](NC(=O)CN2CCSC2=O)C2CC2)cc1. The zero-order valence-corrected chi connectivity index (χ0v) is 13.0. The van der Waals surface area contributed by atoms with Crippen molar-refractivity contribution in [2.45, 2.75) is 25.8 Å². The van der Waals surface area contributed by atoms with E-state index in [4.69, 9.17) is 0 Å². The zero-order valence-electron chi connectivity index (χ0n) is 12.2. The van der Waals surface area contributed by atoms with E-state index in [-0.39, 0.29) is 23.7 Å². The largest absolute Gasteiger partial charge is 0.347 e. The fourth-order valence-electron chi connectivity index (χ4n) is 2.64. The van der Waals surface area contributed by atoms with Gasteiger partial charge in [-0.05, 0) is 31.2 Å². The van der Waals surface area contributed by atoms with Crippen LogP contribution in [0.5, 0.6) is 0 Å². The Morgan fingerprint density at radius 2 is 2.10 bits per heavy atom. The number of nitrogens with zero attached hydrogens (tertiary/aromatic N) is 1. The summed E-state index contributed by atoms with van der Waals surface area (Å²) >= 11 is 1.29. The maximum absolute atomic E-state index is 12.2. The van der Waals surface area contributed by atoms with Crippen LogP contribution in [0, 0.1) is 12.8 Å². The second-order valence-electron chi connectivity index (χ2n) is 5.83. The Balaban J connectivity index is 1.63. The molecule has 4 nitrogen and oxygen atoms in total. The number of nitrogens with one attached hydrogen (secondary N) is 1. The van der Waals surface area contributed by atoms with E-state index in [9.17, 15) is 9.59 Å². The Hall–Kier alpha value is -1.49. The molecule has 112 valence electrons. The quantitative estimate of drug-likeness (QED) is 0.910. The zero-order chi connectivity index (χ0) is 14.8. The van der Waals surface area contributed by atoms with E-state index in [1.807, 2.05) is 0 Å². The molecular weight excluding hydrogens is 284 g/mol. The summed E-state index contributed by atoms with van der Waals surface area (Å²) in [5, 5.41) is 3.14. The van der Waals surface area contributed by atoms with Crippen molar-refractivity contribution in [1.29, 1.82) is 0 Å². The van der Waals surface area contributed by atoms with Gasteiger partial charge in [0.15, 0.2) is 0 Å². The van der Waals surface area contributed by atoms with Crippen LogP contribution in [0.3, 0.4) is 0 Å². The maximum atomic E-state index is 12.2. The van der Waals surface area contributed by atoms with Gasteiger partial charge in [-0.1, -0.05) is 41.6 Å². The molecule has 0 spiro atoms. The molecule has 2 amide bonds. The average Bonchev–Trinajstić information content (AvgIpc) is 3.23. The van der Waals surface area contributed by atoms with Crippen LogP contribution in [-0.2, 0) is 4.79 Å². The van der Waals surface area contributed by atoms with Crippen molar-refractivity contribution in [3.63, 3.8) is 0 Å². The van der Waals surface area contributed by atoms with E-state index in [2.05, 4.69) is 36.5 Å². The van der Waals surface area contributed by atoms with Crippen molar-refractivity contribution in [3.8, 4) is 0 Å². The third kappa shape index (κ3) is 3.59. The van der Waals surface area contributed by atoms with Crippen molar-refractivity contribution < 1.29 is 9.59 Å². The summed E-state index contributed by atoms with van der Waals surface area (Å²) in [6.45, 7) is 2.92. The highest BCUT2D eigenvalue weighted by atomic mass is 32.2. The first-order valence-corrected chi connectivity index (χ1v) is 8.39. The fourth-order valence-corrected chi connectivity index (χ4v) is 3.46. The van der Waals surface area contributed by atoms with Crippen LogP contribution in [0.1, 0.15) is 30.0 Å². The van der Waals surface area contributed by atoms with Gasteiger partial charge in [0.1, 0.15) is 6.54 Å². The van der Waals surface area contributed by atoms with E-state index >= 15 is 0 Å². The van der Waals surface area contributed by atoms with Crippen LogP contribution >= 0.6 is 11.8 Å². The predicted octanol–water partition coefficient (Wildman–Crippen LogP) is 2.73. The number of amides is 2. The normalized spacial score (nSPS) is 19.7. The third-order valence-electron chi connectivity index (χ3n) is 4.03. The molecule has 0 bridgehead atoms. The van der Waals surface area contributed by atoms with Gasteiger partial charge < -0.3 is 10.2 Å². The minimum Gasteiger partial charge on any atom is -0.347 e. The number of aryl methyl sites for hydroxylation is 1. The first-order chi connectivity index (χ1) is 10.1. The van der Waals surface area contributed by atoms with Gasteiger partial charge >= 0.3 is 0 Å². The molecule has 3 rings (SSSR count). The second-order valence-corrected chi connectivity index (χ2v) is 6.88. The molecule has 0 unspecified atom stereocenters. The average molecular weight is 304 g/mol. The van der Waals surface area contributed by atoms with Crippen LogP contribution in [0.25, 0.3) is 0 Å². The van der Waals surface area contributed by atoms with Gasteiger partial charge in [-0.25, -0.2) is 0 Å². The highest BCUT2D eigenvalue weighted by molar-refractivity contribution is 8.13. The summed E-state index contributed by atoms with van der Waals surface area (Å²) in [6, 6.07) is 8.43. The van der Waals surface area contributed by atoms with E-state index in [0.717, 1.165) is 18.6 Å². The Bertz CT molecular complexity index is 540. The molecule has 1 aromatic rings. The van der Waals surface area contributed by atoms with Crippen molar-refractivity contribution in [3.05, 3.63) is 35.4 Å². The van der Waals surface area contributed by atoms with Crippen molar-refractivity contribution in [2.75, 3.05) is 18.8 Å². The molecule has 1 N–H and O–H groups in total. The number of rotatable bonds is 5. The molecule has 0 radical (unpaired) electrons. The summed E-state index contributed by atoms with van der Waals surface area (Å²) in [5.74, 6) is 1.28. The molecule has 1 aromatic carbocycles.